The van der Waals surface area contributed by atoms with E-state index in [1.807, 2.05) is 20.8 Å². The molecule has 1 aliphatic rings. The summed E-state index contributed by atoms with van der Waals surface area (Å²) in [5.41, 5.74) is -0.416. The average molecular weight is 200 g/mol. The van der Waals surface area contributed by atoms with Crippen LogP contribution in [0.1, 0.15) is 46.5 Å². The van der Waals surface area contributed by atoms with Crippen molar-refractivity contribution >= 4 is 5.97 Å². The van der Waals surface area contributed by atoms with Crippen molar-refractivity contribution in [3.05, 3.63) is 0 Å². The van der Waals surface area contributed by atoms with Gasteiger partial charge in [0.1, 0.15) is 5.60 Å². The fraction of sp³-hybridized carbons (Fsp3) is 0.909. The molecule has 0 saturated heterocycles. The Morgan fingerprint density at radius 3 is 2.50 bits per heavy atom. The molecule has 1 N–H and O–H groups in total. The average Bonchev–Trinajstić information content (AvgIpc) is 2.32. The van der Waals surface area contributed by atoms with Crippen LogP contribution in [-0.4, -0.2) is 22.8 Å². The molecule has 1 fully saturated rings. The SMILES string of the molecule is CC(C)(C)OC(=O)CC1CCCC1O. The molecule has 0 spiro atoms. The van der Waals surface area contributed by atoms with Crippen LogP contribution in [0.25, 0.3) is 0 Å². The Morgan fingerprint density at radius 2 is 2.07 bits per heavy atom. The molecule has 2 atom stereocenters. The van der Waals surface area contributed by atoms with Crippen LogP contribution in [0.2, 0.25) is 0 Å². The maximum atomic E-state index is 11.4. The highest BCUT2D eigenvalue weighted by Crippen LogP contribution is 2.28. The van der Waals surface area contributed by atoms with Gasteiger partial charge < -0.3 is 9.84 Å². The summed E-state index contributed by atoms with van der Waals surface area (Å²) in [5, 5.41) is 9.53. The molecule has 0 radical (unpaired) electrons. The lowest BCUT2D eigenvalue weighted by Gasteiger charge is -2.21. The van der Waals surface area contributed by atoms with Crippen molar-refractivity contribution in [3.63, 3.8) is 0 Å². The minimum absolute atomic E-state index is 0.116. The van der Waals surface area contributed by atoms with Crippen molar-refractivity contribution in [1.82, 2.24) is 0 Å². The third-order valence-corrected chi connectivity index (χ3v) is 2.47. The van der Waals surface area contributed by atoms with Gasteiger partial charge in [-0.25, -0.2) is 0 Å². The van der Waals surface area contributed by atoms with Gasteiger partial charge in [-0.05, 0) is 39.5 Å². The van der Waals surface area contributed by atoms with E-state index in [-0.39, 0.29) is 18.0 Å². The van der Waals surface area contributed by atoms with E-state index in [1.165, 1.54) is 0 Å². The lowest BCUT2D eigenvalue weighted by Crippen LogP contribution is -2.26. The Hall–Kier alpha value is -0.570. The number of aliphatic hydroxyl groups is 1. The quantitative estimate of drug-likeness (QED) is 0.692. The van der Waals surface area contributed by atoms with Crippen molar-refractivity contribution in [2.45, 2.75) is 58.2 Å². The summed E-state index contributed by atoms with van der Waals surface area (Å²) >= 11 is 0. The number of carbonyl (C=O) groups is 1. The van der Waals surface area contributed by atoms with Gasteiger partial charge in [-0.3, -0.25) is 4.79 Å². The molecule has 1 saturated carbocycles. The second-order valence-electron chi connectivity index (χ2n) is 5.05. The number of rotatable bonds is 2. The van der Waals surface area contributed by atoms with E-state index in [1.54, 1.807) is 0 Å². The zero-order valence-corrected chi connectivity index (χ0v) is 9.25. The van der Waals surface area contributed by atoms with Crippen LogP contribution in [-0.2, 0) is 9.53 Å². The normalized spacial score (nSPS) is 27.7. The van der Waals surface area contributed by atoms with E-state index in [0.29, 0.717) is 6.42 Å². The third kappa shape index (κ3) is 3.66. The van der Waals surface area contributed by atoms with Crippen LogP contribution in [0.4, 0.5) is 0 Å². The molecule has 0 aromatic rings. The maximum Gasteiger partial charge on any atom is 0.306 e. The summed E-state index contributed by atoms with van der Waals surface area (Å²) in [6.45, 7) is 5.57. The van der Waals surface area contributed by atoms with Gasteiger partial charge in [0.2, 0.25) is 0 Å². The maximum absolute atomic E-state index is 11.4. The molecular weight excluding hydrogens is 180 g/mol. The van der Waals surface area contributed by atoms with E-state index in [4.69, 9.17) is 4.74 Å². The van der Waals surface area contributed by atoms with E-state index in [0.717, 1.165) is 19.3 Å². The predicted octanol–water partition coefficient (Wildman–Crippen LogP) is 1.88. The Balaban J connectivity index is 2.33. The first-order valence-electron chi connectivity index (χ1n) is 5.28. The molecule has 0 heterocycles. The third-order valence-electron chi connectivity index (χ3n) is 2.47. The lowest BCUT2D eigenvalue weighted by molar-refractivity contribution is -0.156. The first kappa shape index (κ1) is 11.5. The number of aliphatic hydroxyl groups excluding tert-OH is 1. The van der Waals surface area contributed by atoms with Gasteiger partial charge in [-0.15, -0.1) is 0 Å². The van der Waals surface area contributed by atoms with Gasteiger partial charge in [-0.2, -0.15) is 0 Å². The fourth-order valence-corrected chi connectivity index (χ4v) is 1.85. The van der Waals surface area contributed by atoms with Crippen LogP contribution in [0.3, 0.4) is 0 Å². The summed E-state index contributed by atoms with van der Waals surface area (Å²) in [7, 11) is 0. The first-order chi connectivity index (χ1) is 6.38. The Labute approximate surface area is 85.5 Å². The molecule has 0 bridgehead atoms. The molecular formula is C11H20O3. The van der Waals surface area contributed by atoms with Gasteiger partial charge in [-0.1, -0.05) is 6.42 Å². The molecule has 1 aliphatic carbocycles. The van der Waals surface area contributed by atoms with E-state index in [2.05, 4.69) is 0 Å². The summed E-state index contributed by atoms with van der Waals surface area (Å²) in [6.07, 6.45) is 2.85. The molecule has 0 aromatic heterocycles. The molecule has 0 aliphatic heterocycles. The number of hydrogen-bond donors (Lipinski definition) is 1. The van der Waals surface area contributed by atoms with Gasteiger partial charge in [0.15, 0.2) is 0 Å². The van der Waals surface area contributed by atoms with Gasteiger partial charge >= 0.3 is 5.97 Å². The number of esters is 1. The predicted molar refractivity (Wildman–Crippen MR) is 53.8 cm³/mol. The molecule has 82 valence electrons. The van der Waals surface area contributed by atoms with E-state index >= 15 is 0 Å². The summed E-state index contributed by atoms with van der Waals surface area (Å²) in [4.78, 5) is 11.4. The van der Waals surface area contributed by atoms with Gasteiger partial charge in [0.05, 0.1) is 12.5 Å². The minimum Gasteiger partial charge on any atom is -0.460 e. The molecule has 3 nitrogen and oxygen atoms in total. The molecule has 3 heteroatoms. The Morgan fingerprint density at radius 1 is 1.43 bits per heavy atom. The lowest BCUT2D eigenvalue weighted by atomic mass is 10.0. The van der Waals surface area contributed by atoms with Crippen molar-refractivity contribution in [3.8, 4) is 0 Å². The van der Waals surface area contributed by atoms with Crippen LogP contribution < -0.4 is 0 Å². The largest absolute Gasteiger partial charge is 0.460 e. The monoisotopic (exact) mass is 200 g/mol. The smallest absolute Gasteiger partial charge is 0.306 e. The molecule has 0 amide bonds. The van der Waals surface area contributed by atoms with Crippen molar-refractivity contribution < 1.29 is 14.6 Å². The zero-order valence-electron chi connectivity index (χ0n) is 9.25. The van der Waals surface area contributed by atoms with Crippen LogP contribution in [0.15, 0.2) is 0 Å². The number of carbonyl (C=O) groups excluding carboxylic acids is 1. The fourth-order valence-electron chi connectivity index (χ4n) is 1.85. The summed E-state index contributed by atoms with van der Waals surface area (Å²) in [6, 6.07) is 0. The van der Waals surface area contributed by atoms with Gasteiger partial charge in [0, 0.05) is 0 Å². The van der Waals surface area contributed by atoms with E-state index < -0.39 is 5.60 Å². The van der Waals surface area contributed by atoms with E-state index in [9.17, 15) is 9.90 Å². The Bertz CT molecular complexity index is 205. The first-order valence-corrected chi connectivity index (χ1v) is 5.28. The molecule has 0 aromatic carbocycles. The second kappa shape index (κ2) is 4.30. The minimum atomic E-state index is -0.416. The highest BCUT2D eigenvalue weighted by molar-refractivity contribution is 5.70. The number of hydrogen-bond acceptors (Lipinski definition) is 3. The standard InChI is InChI=1S/C11H20O3/c1-11(2,3)14-10(13)7-8-5-4-6-9(8)12/h8-9,12H,4-7H2,1-3H3. The summed E-state index contributed by atoms with van der Waals surface area (Å²) in [5.74, 6) is -0.0756. The van der Waals surface area contributed by atoms with Crippen LogP contribution >= 0.6 is 0 Å². The van der Waals surface area contributed by atoms with Crippen molar-refractivity contribution in [2.75, 3.05) is 0 Å². The summed E-state index contributed by atoms with van der Waals surface area (Å²) < 4.78 is 5.20. The molecule has 2 unspecified atom stereocenters. The number of ether oxygens (including phenoxy) is 1. The molecule has 14 heavy (non-hydrogen) atoms. The van der Waals surface area contributed by atoms with Crippen LogP contribution in [0.5, 0.6) is 0 Å². The second-order valence-corrected chi connectivity index (χ2v) is 5.05. The zero-order chi connectivity index (χ0) is 10.8. The topological polar surface area (TPSA) is 46.5 Å². The molecule has 1 rings (SSSR count). The van der Waals surface area contributed by atoms with Crippen molar-refractivity contribution in [1.29, 1.82) is 0 Å². The van der Waals surface area contributed by atoms with Gasteiger partial charge in [0.25, 0.3) is 0 Å². The van der Waals surface area contributed by atoms with Crippen molar-refractivity contribution in [2.24, 2.45) is 5.92 Å². The van der Waals surface area contributed by atoms with Crippen LogP contribution in [0, 0.1) is 5.92 Å². The highest BCUT2D eigenvalue weighted by atomic mass is 16.6. The Kier molecular flexibility index (Phi) is 3.53. The highest BCUT2D eigenvalue weighted by Gasteiger charge is 2.29.